The van der Waals surface area contributed by atoms with Crippen LogP contribution in [0, 0.1) is 0 Å². The fourth-order valence-electron chi connectivity index (χ4n) is 3.18. The second-order valence-electron chi connectivity index (χ2n) is 6.69. The molecule has 7 nitrogen and oxygen atoms in total. The van der Waals surface area contributed by atoms with E-state index in [0.717, 1.165) is 12.8 Å². The monoisotopic (exact) mass is 440 g/mol. The van der Waals surface area contributed by atoms with E-state index >= 15 is 0 Å². The van der Waals surface area contributed by atoms with Crippen molar-refractivity contribution in [3.05, 3.63) is 53.6 Å². The van der Waals surface area contributed by atoms with Gasteiger partial charge in [-0.2, -0.15) is 13.1 Å². The molecule has 1 aliphatic heterocycles. The Labute approximate surface area is 173 Å². The van der Waals surface area contributed by atoms with E-state index in [4.69, 9.17) is 4.74 Å². The highest BCUT2D eigenvalue weighted by Gasteiger charge is 2.27. The zero-order valence-corrected chi connectivity index (χ0v) is 17.1. The summed E-state index contributed by atoms with van der Waals surface area (Å²) in [5.41, 5.74) is 0.702. The van der Waals surface area contributed by atoms with E-state index in [1.165, 1.54) is 47.8 Å². The summed E-state index contributed by atoms with van der Waals surface area (Å²) < 4.78 is 61.3. The van der Waals surface area contributed by atoms with Crippen LogP contribution in [-0.2, 0) is 16.6 Å². The number of nitrogens with zero attached hydrogens (tertiary/aromatic N) is 1. The lowest BCUT2D eigenvalue weighted by Gasteiger charge is -2.16. The maximum Gasteiger partial charge on any atom is 0.387 e. The summed E-state index contributed by atoms with van der Waals surface area (Å²) in [6, 6.07) is 10.2. The first kappa shape index (κ1) is 22.0. The molecule has 0 radical (unpaired) electrons. The van der Waals surface area contributed by atoms with Gasteiger partial charge in [0.05, 0.1) is 12.0 Å². The van der Waals surface area contributed by atoms with Gasteiger partial charge in [0.25, 0.3) is 5.91 Å². The molecule has 0 atom stereocenters. The number of alkyl halides is 2. The Balaban J connectivity index is 1.71. The lowest BCUT2D eigenvalue weighted by molar-refractivity contribution is -0.0512. The van der Waals surface area contributed by atoms with Gasteiger partial charge in [0, 0.05) is 25.2 Å². The minimum Gasteiger partial charge on any atom is -0.493 e. The molecule has 0 unspecified atom stereocenters. The van der Waals surface area contributed by atoms with Crippen molar-refractivity contribution in [1.82, 2.24) is 9.62 Å². The molecule has 162 valence electrons. The molecule has 1 amide bonds. The summed E-state index contributed by atoms with van der Waals surface area (Å²) in [5.74, 6) is -0.483. The van der Waals surface area contributed by atoms with Crippen molar-refractivity contribution in [3.8, 4) is 11.5 Å². The molecule has 3 rings (SSSR count). The number of carbonyl (C=O) groups is 1. The molecule has 0 spiro atoms. The summed E-state index contributed by atoms with van der Waals surface area (Å²) in [7, 11) is -2.30. The van der Waals surface area contributed by atoms with Gasteiger partial charge >= 0.3 is 6.61 Å². The van der Waals surface area contributed by atoms with E-state index in [1.807, 2.05) is 0 Å². The second-order valence-corrected chi connectivity index (χ2v) is 8.62. The number of halogens is 2. The fourth-order valence-corrected chi connectivity index (χ4v) is 4.74. The minimum atomic E-state index is -3.63. The first-order valence-corrected chi connectivity index (χ1v) is 10.8. The Morgan fingerprint density at radius 1 is 1.13 bits per heavy atom. The molecule has 2 aromatic rings. The Hall–Kier alpha value is -2.72. The summed E-state index contributed by atoms with van der Waals surface area (Å²) in [4.78, 5) is 12.6. The van der Waals surface area contributed by atoms with Crippen molar-refractivity contribution in [3.63, 3.8) is 0 Å². The van der Waals surface area contributed by atoms with Crippen LogP contribution in [0.25, 0.3) is 0 Å². The average molecular weight is 440 g/mol. The number of methoxy groups -OCH3 is 1. The average Bonchev–Trinajstić information content (AvgIpc) is 3.27. The Morgan fingerprint density at radius 2 is 1.87 bits per heavy atom. The van der Waals surface area contributed by atoms with Gasteiger partial charge in [0.15, 0.2) is 11.5 Å². The van der Waals surface area contributed by atoms with Crippen LogP contribution < -0.4 is 14.8 Å². The first-order chi connectivity index (χ1) is 14.3. The topological polar surface area (TPSA) is 84.9 Å². The molecule has 1 aliphatic rings. The van der Waals surface area contributed by atoms with Crippen LogP contribution in [0.4, 0.5) is 8.78 Å². The van der Waals surface area contributed by atoms with Crippen molar-refractivity contribution >= 4 is 15.9 Å². The van der Waals surface area contributed by atoms with Gasteiger partial charge in [-0.15, -0.1) is 0 Å². The summed E-state index contributed by atoms with van der Waals surface area (Å²) >= 11 is 0. The summed E-state index contributed by atoms with van der Waals surface area (Å²) in [6.07, 6.45) is 1.64. The van der Waals surface area contributed by atoms with Gasteiger partial charge in [-0.05, 0) is 48.7 Å². The van der Waals surface area contributed by atoms with Crippen LogP contribution in [0.3, 0.4) is 0 Å². The van der Waals surface area contributed by atoms with E-state index in [9.17, 15) is 22.0 Å². The van der Waals surface area contributed by atoms with Crippen LogP contribution in [0.1, 0.15) is 28.8 Å². The minimum absolute atomic E-state index is 0.0333. The lowest BCUT2D eigenvalue weighted by atomic mass is 10.1. The molecule has 1 heterocycles. The standard InChI is InChI=1S/C20H22F2N2O5S/c1-28-17-8-7-14(11-18(17)29-20(21)22)13-23-19(25)15-5-4-6-16(12-15)30(26,27)24-9-2-3-10-24/h4-8,11-12,20H,2-3,9-10,13H2,1H3,(H,23,25). The number of benzene rings is 2. The van der Waals surface area contributed by atoms with Crippen LogP contribution in [0.5, 0.6) is 11.5 Å². The van der Waals surface area contributed by atoms with Crippen molar-refractivity contribution < 1.29 is 31.5 Å². The van der Waals surface area contributed by atoms with Gasteiger partial charge in [-0.1, -0.05) is 12.1 Å². The molecule has 0 aromatic heterocycles. The molecule has 0 saturated carbocycles. The number of hydrogen-bond acceptors (Lipinski definition) is 5. The Bertz CT molecular complexity index is 1010. The molecule has 1 fully saturated rings. The third kappa shape index (κ3) is 5.06. The molecule has 0 bridgehead atoms. The number of sulfonamides is 1. The lowest BCUT2D eigenvalue weighted by Crippen LogP contribution is -2.28. The van der Waals surface area contributed by atoms with Gasteiger partial charge in [-0.25, -0.2) is 8.42 Å². The smallest absolute Gasteiger partial charge is 0.387 e. The van der Waals surface area contributed by atoms with E-state index in [2.05, 4.69) is 10.1 Å². The van der Waals surface area contributed by atoms with Crippen LogP contribution in [0.2, 0.25) is 0 Å². The highest BCUT2D eigenvalue weighted by molar-refractivity contribution is 7.89. The predicted molar refractivity (Wildman–Crippen MR) is 105 cm³/mol. The van der Waals surface area contributed by atoms with Gasteiger partial charge in [0.2, 0.25) is 10.0 Å². The largest absolute Gasteiger partial charge is 0.493 e. The van der Waals surface area contributed by atoms with E-state index < -0.39 is 22.5 Å². The third-order valence-electron chi connectivity index (χ3n) is 4.70. The predicted octanol–water partition coefficient (Wildman–Crippen LogP) is 3.01. The Kier molecular flexibility index (Phi) is 6.88. The van der Waals surface area contributed by atoms with Crippen LogP contribution in [-0.4, -0.2) is 45.4 Å². The van der Waals surface area contributed by atoms with Gasteiger partial charge in [-0.3, -0.25) is 4.79 Å². The number of ether oxygens (including phenoxy) is 2. The van der Waals surface area contributed by atoms with Crippen LogP contribution >= 0.6 is 0 Å². The van der Waals surface area contributed by atoms with E-state index in [-0.39, 0.29) is 28.5 Å². The third-order valence-corrected chi connectivity index (χ3v) is 6.59. The molecular weight excluding hydrogens is 418 g/mol. The first-order valence-electron chi connectivity index (χ1n) is 9.31. The maximum absolute atomic E-state index is 12.7. The molecule has 10 heteroatoms. The van der Waals surface area contributed by atoms with E-state index in [1.54, 1.807) is 6.07 Å². The zero-order valence-electron chi connectivity index (χ0n) is 16.3. The van der Waals surface area contributed by atoms with Crippen LogP contribution in [0.15, 0.2) is 47.4 Å². The molecule has 2 aromatic carbocycles. The van der Waals surface area contributed by atoms with Gasteiger partial charge < -0.3 is 14.8 Å². The number of amides is 1. The summed E-state index contributed by atoms with van der Waals surface area (Å²) in [5, 5.41) is 2.65. The van der Waals surface area contributed by atoms with Crippen molar-refractivity contribution in [2.24, 2.45) is 0 Å². The maximum atomic E-state index is 12.7. The van der Waals surface area contributed by atoms with Crippen molar-refractivity contribution in [2.75, 3.05) is 20.2 Å². The van der Waals surface area contributed by atoms with E-state index in [0.29, 0.717) is 18.7 Å². The number of nitrogens with one attached hydrogen (secondary N) is 1. The quantitative estimate of drug-likeness (QED) is 0.682. The molecule has 0 aliphatic carbocycles. The molecular formula is C20H22F2N2O5S. The second kappa shape index (κ2) is 9.40. The SMILES string of the molecule is COc1ccc(CNC(=O)c2cccc(S(=O)(=O)N3CCCC3)c2)cc1OC(F)F. The molecule has 1 saturated heterocycles. The Morgan fingerprint density at radius 3 is 2.53 bits per heavy atom. The molecule has 30 heavy (non-hydrogen) atoms. The summed E-state index contributed by atoms with van der Waals surface area (Å²) in [6.45, 7) is -2.03. The molecule has 1 N–H and O–H groups in total. The highest BCUT2D eigenvalue weighted by Crippen LogP contribution is 2.29. The number of rotatable bonds is 8. The number of carbonyl (C=O) groups excluding carboxylic acids is 1. The van der Waals surface area contributed by atoms with Crippen molar-refractivity contribution in [2.45, 2.75) is 30.9 Å². The highest BCUT2D eigenvalue weighted by atomic mass is 32.2. The van der Waals surface area contributed by atoms with Gasteiger partial charge in [0.1, 0.15) is 0 Å². The normalized spacial score (nSPS) is 14.7. The van der Waals surface area contributed by atoms with Crippen molar-refractivity contribution in [1.29, 1.82) is 0 Å². The fraction of sp³-hybridized carbons (Fsp3) is 0.350. The zero-order chi connectivity index (χ0) is 21.7. The number of hydrogen-bond donors (Lipinski definition) is 1.